The lowest BCUT2D eigenvalue weighted by molar-refractivity contribution is 0.0628. The highest BCUT2D eigenvalue weighted by Crippen LogP contribution is 2.38. The summed E-state index contributed by atoms with van der Waals surface area (Å²) >= 11 is 0. The summed E-state index contributed by atoms with van der Waals surface area (Å²) in [5, 5.41) is 13.1. The molecule has 1 heterocycles. The Balaban J connectivity index is 1.72. The predicted molar refractivity (Wildman–Crippen MR) is 75.3 cm³/mol. The van der Waals surface area contributed by atoms with Gasteiger partial charge in [-0.2, -0.15) is 0 Å². The molecule has 2 aliphatic rings. The Kier molecular flexibility index (Phi) is 3.50. The number of rotatable bonds is 5. The van der Waals surface area contributed by atoms with Crippen LogP contribution in [0.3, 0.4) is 0 Å². The first-order valence-electron chi connectivity index (χ1n) is 7.31. The van der Waals surface area contributed by atoms with E-state index in [9.17, 15) is 5.11 Å². The van der Waals surface area contributed by atoms with Gasteiger partial charge in [-0.05, 0) is 50.3 Å². The fraction of sp³-hybridized carbons (Fsp3) is 0.625. The number of phenols is 1. The standard InChI is InChI=1S/C16H23NO2/c1-12-16(8-9-19-12,11-17-14-4-5-14)10-13-2-6-15(18)7-3-13/h2-3,6-7,12,14,17-18H,4-5,8-11H2,1H3. The van der Waals surface area contributed by atoms with Crippen LogP contribution in [-0.2, 0) is 11.2 Å². The Labute approximate surface area is 115 Å². The second kappa shape index (κ2) is 5.14. The molecular weight excluding hydrogens is 238 g/mol. The highest BCUT2D eigenvalue weighted by Gasteiger charge is 2.42. The van der Waals surface area contributed by atoms with Gasteiger partial charge in [-0.3, -0.25) is 0 Å². The fourth-order valence-electron chi connectivity index (χ4n) is 3.00. The Morgan fingerprint density at radius 3 is 2.63 bits per heavy atom. The number of aromatic hydroxyl groups is 1. The molecule has 1 aliphatic carbocycles. The number of nitrogens with one attached hydrogen (secondary N) is 1. The molecule has 0 amide bonds. The highest BCUT2D eigenvalue weighted by molar-refractivity contribution is 5.27. The lowest BCUT2D eigenvalue weighted by atomic mass is 9.76. The van der Waals surface area contributed by atoms with Gasteiger partial charge in [0.15, 0.2) is 0 Å². The van der Waals surface area contributed by atoms with Gasteiger partial charge in [0.25, 0.3) is 0 Å². The van der Waals surface area contributed by atoms with Crippen LogP contribution in [0.5, 0.6) is 5.75 Å². The van der Waals surface area contributed by atoms with Crippen LogP contribution in [0.1, 0.15) is 31.7 Å². The van der Waals surface area contributed by atoms with E-state index < -0.39 is 0 Å². The predicted octanol–water partition coefficient (Wildman–Crippen LogP) is 2.48. The quantitative estimate of drug-likeness (QED) is 0.855. The third-order valence-corrected chi connectivity index (χ3v) is 4.64. The van der Waals surface area contributed by atoms with Crippen LogP contribution >= 0.6 is 0 Å². The maximum Gasteiger partial charge on any atom is 0.115 e. The van der Waals surface area contributed by atoms with Crippen LogP contribution in [-0.4, -0.2) is 30.4 Å². The van der Waals surface area contributed by atoms with Crippen LogP contribution < -0.4 is 5.32 Å². The van der Waals surface area contributed by atoms with E-state index in [4.69, 9.17) is 4.74 Å². The van der Waals surface area contributed by atoms with Crippen molar-refractivity contribution in [3.63, 3.8) is 0 Å². The van der Waals surface area contributed by atoms with Gasteiger partial charge < -0.3 is 15.2 Å². The van der Waals surface area contributed by atoms with Crippen LogP contribution in [0.25, 0.3) is 0 Å². The minimum atomic E-state index is 0.208. The van der Waals surface area contributed by atoms with Crippen molar-refractivity contribution in [2.75, 3.05) is 13.2 Å². The van der Waals surface area contributed by atoms with Crippen molar-refractivity contribution in [1.82, 2.24) is 5.32 Å². The van der Waals surface area contributed by atoms with Crippen LogP contribution in [0.2, 0.25) is 0 Å². The molecule has 3 nitrogen and oxygen atoms in total. The van der Waals surface area contributed by atoms with E-state index in [1.165, 1.54) is 18.4 Å². The lowest BCUT2D eigenvalue weighted by Crippen LogP contribution is -2.42. The van der Waals surface area contributed by atoms with Gasteiger partial charge >= 0.3 is 0 Å². The molecule has 0 bridgehead atoms. The van der Waals surface area contributed by atoms with E-state index in [1.807, 2.05) is 12.1 Å². The van der Waals surface area contributed by atoms with Gasteiger partial charge in [0.05, 0.1) is 6.10 Å². The molecule has 2 N–H and O–H groups in total. The van der Waals surface area contributed by atoms with Crippen molar-refractivity contribution in [2.24, 2.45) is 5.41 Å². The van der Waals surface area contributed by atoms with Gasteiger partial charge in [0.2, 0.25) is 0 Å². The number of benzene rings is 1. The zero-order valence-electron chi connectivity index (χ0n) is 11.6. The molecular formula is C16H23NO2. The van der Waals surface area contributed by atoms with Crippen LogP contribution in [0.15, 0.2) is 24.3 Å². The molecule has 1 aromatic carbocycles. The molecule has 1 aromatic rings. The monoisotopic (exact) mass is 261 g/mol. The van der Waals surface area contributed by atoms with Gasteiger partial charge in [0, 0.05) is 24.6 Å². The molecule has 3 rings (SSSR count). The van der Waals surface area contributed by atoms with E-state index >= 15 is 0 Å². The Hall–Kier alpha value is -1.06. The second-order valence-electron chi connectivity index (χ2n) is 6.12. The van der Waals surface area contributed by atoms with Gasteiger partial charge in [0.1, 0.15) is 5.75 Å². The van der Waals surface area contributed by atoms with Crippen molar-refractivity contribution in [2.45, 2.75) is 44.8 Å². The Morgan fingerprint density at radius 2 is 2.05 bits per heavy atom. The summed E-state index contributed by atoms with van der Waals surface area (Å²) < 4.78 is 5.83. The molecule has 2 fully saturated rings. The minimum Gasteiger partial charge on any atom is -0.508 e. The fourth-order valence-corrected chi connectivity index (χ4v) is 3.00. The highest BCUT2D eigenvalue weighted by atomic mass is 16.5. The van der Waals surface area contributed by atoms with Crippen molar-refractivity contribution < 1.29 is 9.84 Å². The molecule has 104 valence electrons. The summed E-state index contributed by atoms with van der Waals surface area (Å²) in [6.07, 6.45) is 5.09. The zero-order valence-corrected chi connectivity index (χ0v) is 11.6. The molecule has 3 heteroatoms. The van der Waals surface area contributed by atoms with Gasteiger partial charge in [-0.1, -0.05) is 12.1 Å². The lowest BCUT2D eigenvalue weighted by Gasteiger charge is -2.33. The summed E-state index contributed by atoms with van der Waals surface area (Å²) in [6.45, 7) is 4.10. The number of phenolic OH excluding ortho intramolecular Hbond substituents is 1. The maximum absolute atomic E-state index is 9.38. The molecule has 0 radical (unpaired) electrons. The molecule has 19 heavy (non-hydrogen) atoms. The smallest absolute Gasteiger partial charge is 0.115 e. The number of hydrogen-bond donors (Lipinski definition) is 2. The van der Waals surface area contributed by atoms with E-state index in [2.05, 4.69) is 12.2 Å². The SMILES string of the molecule is CC1OCCC1(CNC1CC1)Cc1ccc(O)cc1. The molecule has 1 aliphatic heterocycles. The van der Waals surface area contributed by atoms with Gasteiger partial charge in [-0.15, -0.1) is 0 Å². The summed E-state index contributed by atoms with van der Waals surface area (Å²) in [4.78, 5) is 0. The first-order valence-corrected chi connectivity index (χ1v) is 7.31. The average molecular weight is 261 g/mol. The molecule has 2 unspecified atom stereocenters. The largest absolute Gasteiger partial charge is 0.508 e. The van der Waals surface area contributed by atoms with Crippen molar-refractivity contribution in [3.8, 4) is 5.75 Å². The molecule has 2 atom stereocenters. The van der Waals surface area contributed by atoms with E-state index in [0.717, 1.165) is 32.0 Å². The molecule has 1 saturated heterocycles. The van der Waals surface area contributed by atoms with Crippen molar-refractivity contribution >= 4 is 0 Å². The van der Waals surface area contributed by atoms with Crippen LogP contribution in [0.4, 0.5) is 0 Å². The van der Waals surface area contributed by atoms with E-state index in [0.29, 0.717) is 11.9 Å². The second-order valence-corrected chi connectivity index (χ2v) is 6.12. The zero-order chi connectivity index (χ0) is 13.3. The number of ether oxygens (including phenoxy) is 1. The summed E-state index contributed by atoms with van der Waals surface area (Å²) in [7, 11) is 0. The average Bonchev–Trinajstić information content (AvgIpc) is 3.17. The molecule has 0 spiro atoms. The minimum absolute atomic E-state index is 0.208. The third kappa shape index (κ3) is 2.93. The van der Waals surface area contributed by atoms with Gasteiger partial charge in [-0.25, -0.2) is 0 Å². The first kappa shape index (κ1) is 12.9. The van der Waals surface area contributed by atoms with Crippen molar-refractivity contribution in [1.29, 1.82) is 0 Å². The van der Waals surface area contributed by atoms with E-state index in [-0.39, 0.29) is 5.41 Å². The topological polar surface area (TPSA) is 41.5 Å². The Morgan fingerprint density at radius 1 is 1.32 bits per heavy atom. The normalized spacial score (nSPS) is 30.7. The van der Waals surface area contributed by atoms with E-state index in [1.54, 1.807) is 12.1 Å². The maximum atomic E-state index is 9.38. The first-order chi connectivity index (χ1) is 9.18. The number of hydrogen-bond acceptors (Lipinski definition) is 3. The molecule has 1 saturated carbocycles. The third-order valence-electron chi connectivity index (χ3n) is 4.64. The summed E-state index contributed by atoms with van der Waals surface area (Å²) in [5.41, 5.74) is 1.49. The molecule has 0 aromatic heterocycles. The van der Waals surface area contributed by atoms with Crippen molar-refractivity contribution in [3.05, 3.63) is 29.8 Å². The summed E-state index contributed by atoms with van der Waals surface area (Å²) in [5.74, 6) is 0.338. The van der Waals surface area contributed by atoms with Crippen LogP contribution in [0, 0.1) is 5.41 Å². The Bertz CT molecular complexity index is 427. The summed E-state index contributed by atoms with van der Waals surface area (Å²) in [6, 6.07) is 8.35.